The van der Waals surface area contributed by atoms with Crippen molar-refractivity contribution in [1.29, 1.82) is 0 Å². The molecule has 2 aromatic rings. The number of rotatable bonds is 2. The van der Waals surface area contributed by atoms with Crippen molar-refractivity contribution in [2.24, 2.45) is 5.92 Å². The summed E-state index contributed by atoms with van der Waals surface area (Å²) >= 11 is 0. The lowest BCUT2D eigenvalue weighted by Gasteiger charge is -2.36. The van der Waals surface area contributed by atoms with Crippen molar-refractivity contribution in [3.63, 3.8) is 0 Å². The average molecular weight is 295 g/mol. The van der Waals surface area contributed by atoms with Gasteiger partial charge in [-0.15, -0.1) is 0 Å². The highest BCUT2D eigenvalue weighted by Crippen LogP contribution is 2.50. The summed E-state index contributed by atoms with van der Waals surface area (Å²) in [6, 6.07) is 15.4. The molecular weight excluding hydrogens is 274 g/mol. The topological polar surface area (TPSA) is 30.5 Å². The van der Waals surface area contributed by atoms with Gasteiger partial charge in [-0.1, -0.05) is 29.8 Å². The van der Waals surface area contributed by atoms with Gasteiger partial charge < -0.3 is 14.8 Å². The summed E-state index contributed by atoms with van der Waals surface area (Å²) in [6.07, 6.45) is 1.25. The van der Waals surface area contributed by atoms with Gasteiger partial charge in [-0.2, -0.15) is 0 Å². The number of benzene rings is 2. The maximum absolute atomic E-state index is 6.06. The molecule has 0 aliphatic carbocycles. The van der Waals surface area contributed by atoms with Crippen LogP contribution in [0, 0.1) is 12.8 Å². The van der Waals surface area contributed by atoms with Crippen LogP contribution in [0.25, 0.3) is 0 Å². The summed E-state index contributed by atoms with van der Waals surface area (Å²) in [4.78, 5) is 0. The molecule has 3 atom stereocenters. The fourth-order valence-corrected chi connectivity index (χ4v) is 3.68. The molecule has 1 N–H and O–H groups in total. The predicted molar refractivity (Wildman–Crippen MR) is 87.3 cm³/mol. The monoisotopic (exact) mass is 295 g/mol. The first kappa shape index (κ1) is 13.6. The lowest BCUT2D eigenvalue weighted by Crippen LogP contribution is -2.29. The van der Waals surface area contributed by atoms with Crippen molar-refractivity contribution >= 4 is 5.69 Å². The normalized spacial score (nSPS) is 26.0. The Bertz CT molecular complexity index is 680. The molecule has 4 rings (SSSR count). The second kappa shape index (κ2) is 5.33. The predicted octanol–water partition coefficient (Wildman–Crippen LogP) is 4.25. The molecule has 2 heterocycles. The number of fused-ring (bicyclic) bond motifs is 3. The van der Waals surface area contributed by atoms with Gasteiger partial charge in [-0.3, -0.25) is 0 Å². The highest BCUT2D eigenvalue weighted by atomic mass is 16.5. The molecule has 3 heteroatoms. The molecule has 2 aromatic carbocycles. The third-order valence-corrected chi connectivity index (χ3v) is 4.88. The number of ether oxygens (including phenoxy) is 2. The van der Waals surface area contributed by atoms with E-state index in [1.54, 1.807) is 7.11 Å². The van der Waals surface area contributed by atoms with E-state index >= 15 is 0 Å². The van der Waals surface area contributed by atoms with E-state index in [2.05, 4.69) is 48.6 Å². The molecule has 1 saturated heterocycles. The Morgan fingerprint density at radius 1 is 1.14 bits per heavy atom. The summed E-state index contributed by atoms with van der Waals surface area (Å²) in [5.74, 6) is 1.37. The molecule has 0 amide bonds. The van der Waals surface area contributed by atoms with E-state index in [9.17, 15) is 0 Å². The van der Waals surface area contributed by atoms with Crippen LogP contribution < -0.4 is 10.1 Å². The molecule has 3 nitrogen and oxygen atoms in total. The molecule has 0 bridgehead atoms. The zero-order valence-corrected chi connectivity index (χ0v) is 13.0. The molecule has 3 unspecified atom stereocenters. The van der Waals surface area contributed by atoms with Gasteiger partial charge in [0.25, 0.3) is 0 Å². The second-order valence-electron chi connectivity index (χ2n) is 6.23. The fourth-order valence-electron chi connectivity index (χ4n) is 3.68. The van der Waals surface area contributed by atoms with Gasteiger partial charge in [-0.05, 0) is 37.1 Å². The Kier molecular flexibility index (Phi) is 3.30. The summed E-state index contributed by atoms with van der Waals surface area (Å²) in [6.45, 7) is 2.96. The molecule has 2 aliphatic heterocycles. The lowest BCUT2D eigenvalue weighted by atomic mass is 9.81. The molecule has 22 heavy (non-hydrogen) atoms. The molecule has 2 aliphatic rings. The Labute approximate surface area is 131 Å². The van der Waals surface area contributed by atoms with Crippen LogP contribution in [0.15, 0.2) is 42.5 Å². The lowest BCUT2D eigenvalue weighted by molar-refractivity contribution is 0.0827. The third-order valence-electron chi connectivity index (χ3n) is 4.88. The van der Waals surface area contributed by atoms with Crippen LogP contribution in [-0.4, -0.2) is 13.7 Å². The Morgan fingerprint density at radius 2 is 1.95 bits per heavy atom. The molecule has 1 fully saturated rings. The van der Waals surface area contributed by atoms with Crippen molar-refractivity contribution in [2.45, 2.75) is 25.5 Å². The van der Waals surface area contributed by atoms with Crippen molar-refractivity contribution in [1.82, 2.24) is 0 Å². The van der Waals surface area contributed by atoms with E-state index in [1.165, 1.54) is 16.7 Å². The smallest absolute Gasteiger partial charge is 0.119 e. The SMILES string of the molecule is COc1ccc2c(c1)C1OCCC1C(c1ccc(C)cc1)N2. The van der Waals surface area contributed by atoms with Gasteiger partial charge in [0.2, 0.25) is 0 Å². The Balaban J connectivity index is 1.75. The minimum absolute atomic E-state index is 0.164. The van der Waals surface area contributed by atoms with Gasteiger partial charge in [-0.25, -0.2) is 0 Å². The number of anilines is 1. The second-order valence-corrected chi connectivity index (χ2v) is 6.23. The van der Waals surface area contributed by atoms with Crippen LogP contribution >= 0.6 is 0 Å². The summed E-state index contributed by atoms with van der Waals surface area (Å²) < 4.78 is 11.4. The fraction of sp³-hybridized carbons (Fsp3) is 0.368. The zero-order valence-electron chi connectivity index (χ0n) is 13.0. The van der Waals surface area contributed by atoms with Crippen LogP contribution in [0.2, 0.25) is 0 Å². The first-order chi connectivity index (χ1) is 10.8. The Morgan fingerprint density at radius 3 is 2.73 bits per heavy atom. The van der Waals surface area contributed by atoms with Crippen LogP contribution in [0.1, 0.15) is 35.3 Å². The van der Waals surface area contributed by atoms with Crippen LogP contribution in [0.5, 0.6) is 5.75 Å². The standard InChI is InChI=1S/C19H21NO2/c1-12-3-5-13(6-4-12)18-15-9-10-22-19(15)16-11-14(21-2)7-8-17(16)20-18/h3-8,11,15,18-20H,9-10H2,1-2H3. The summed E-state index contributed by atoms with van der Waals surface area (Å²) in [5.41, 5.74) is 5.02. The first-order valence-corrected chi connectivity index (χ1v) is 7.89. The summed E-state index contributed by atoms with van der Waals surface area (Å²) in [7, 11) is 1.71. The zero-order chi connectivity index (χ0) is 15.1. The van der Waals surface area contributed by atoms with Crippen molar-refractivity contribution in [3.8, 4) is 5.75 Å². The number of hydrogen-bond acceptors (Lipinski definition) is 3. The molecule has 0 saturated carbocycles. The largest absolute Gasteiger partial charge is 0.497 e. The highest BCUT2D eigenvalue weighted by Gasteiger charge is 2.41. The van der Waals surface area contributed by atoms with Crippen LogP contribution in [0.4, 0.5) is 5.69 Å². The van der Waals surface area contributed by atoms with Gasteiger partial charge >= 0.3 is 0 Å². The average Bonchev–Trinajstić information content (AvgIpc) is 3.04. The van der Waals surface area contributed by atoms with E-state index in [0.717, 1.165) is 24.5 Å². The minimum atomic E-state index is 0.164. The van der Waals surface area contributed by atoms with Crippen molar-refractivity contribution in [2.75, 3.05) is 19.0 Å². The van der Waals surface area contributed by atoms with E-state index in [0.29, 0.717) is 12.0 Å². The number of aryl methyl sites for hydroxylation is 1. The van der Waals surface area contributed by atoms with Gasteiger partial charge in [0.1, 0.15) is 5.75 Å². The molecule has 114 valence electrons. The molecule has 0 aromatic heterocycles. The number of nitrogens with one attached hydrogen (secondary N) is 1. The van der Waals surface area contributed by atoms with Gasteiger partial charge in [0.15, 0.2) is 0 Å². The van der Waals surface area contributed by atoms with E-state index in [-0.39, 0.29) is 6.10 Å². The number of methoxy groups -OCH3 is 1. The first-order valence-electron chi connectivity index (χ1n) is 7.89. The van der Waals surface area contributed by atoms with E-state index in [4.69, 9.17) is 9.47 Å². The van der Waals surface area contributed by atoms with E-state index < -0.39 is 0 Å². The highest BCUT2D eigenvalue weighted by molar-refractivity contribution is 5.59. The van der Waals surface area contributed by atoms with Gasteiger partial charge in [0.05, 0.1) is 19.3 Å². The third kappa shape index (κ3) is 2.17. The molecule has 0 spiro atoms. The maximum atomic E-state index is 6.06. The molecule has 0 radical (unpaired) electrons. The number of hydrogen-bond donors (Lipinski definition) is 1. The minimum Gasteiger partial charge on any atom is -0.497 e. The van der Waals surface area contributed by atoms with Crippen molar-refractivity contribution in [3.05, 3.63) is 59.2 Å². The van der Waals surface area contributed by atoms with Crippen molar-refractivity contribution < 1.29 is 9.47 Å². The molecular formula is C19H21NO2. The van der Waals surface area contributed by atoms with Crippen LogP contribution in [-0.2, 0) is 4.74 Å². The van der Waals surface area contributed by atoms with Crippen LogP contribution in [0.3, 0.4) is 0 Å². The van der Waals surface area contributed by atoms with Gasteiger partial charge in [0, 0.05) is 23.8 Å². The maximum Gasteiger partial charge on any atom is 0.119 e. The quantitative estimate of drug-likeness (QED) is 0.898. The van der Waals surface area contributed by atoms with E-state index in [1.807, 2.05) is 6.07 Å². The summed E-state index contributed by atoms with van der Waals surface area (Å²) in [5, 5.41) is 3.72. The Hall–Kier alpha value is -2.00.